The Morgan fingerprint density at radius 1 is 0.796 bits per heavy atom. The second-order valence-electron chi connectivity index (χ2n) is 12.1. The van der Waals surface area contributed by atoms with Crippen LogP contribution in [0.4, 0.5) is 0 Å². The molecule has 1 atom stereocenters. The fraction of sp³-hybridized carbons (Fsp3) is 0.550. The van der Waals surface area contributed by atoms with E-state index in [9.17, 15) is 14.4 Å². The fourth-order valence-corrected chi connectivity index (χ4v) is 5.42. The third-order valence-electron chi connectivity index (χ3n) is 8.34. The summed E-state index contributed by atoms with van der Waals surface area (Å²) in [5.74, 6) is 0.140. The van der Waals surface area contributed by atoms with Crippen molar-refractivity contribution in [3.05, 3.63) is 84.9 Å². The minimum Gasteiger partial charge on any atom is -0.372 e. The van der Waals surface area contributed by atoms with Crippen molar-refractivity contribution in [3.8, 4) is 0 Å². The topological polar surface area (TPSA) is 134 Å². The van der Waals surface area contributed by atoms with Gasteiger partial charge in [-0.15, -0.1) is 13.2 Å². The second kappa shape index (κ2) is 31.3. The molecule has 5 N–H and O–H groups in total. The van der Waals surface area contributed by atoms with Crippen molar-refractivity contribution in [1.82, 2.24) is 20.9 Å². The van der Waals surface area contributed by atoms with E-state index in [1.807, 2.05) is 36.4 Å². The van der Waals surface area contributed by atoms with Crippen LogP contribution < -0.4 is 21.7 Å². The number of likely N-dealkylation sites (N-methyl/N-ethyl adjacent to an activating group) is 1. The number of nitrogens with two attached hydrogens (primary N) is 1. The first-order valence-corrected chi connectivity index (χ1v) is 18.1. The molecule has 0 bridgehead atoms. The normalized spacial score (nSPS) is 13.7. The molecule has 1 saturated heterocycles. The summed E-state index contributed by atoms with van der Waals surface area (Å²) in [6.45, 7) is 12.5. The van der Waals surface area contributed by atoms with Crippen LogP contribution in [0.1, 0.15) is 114 Å². The van der Waals surface area contributed by atoms with Crippen LogP contribution in [0, 0.1) is 0 Å². The summed E-state index contributed by atoms with van der Waals surface area (Å²) < 4.78 is 0. The maximum absolute atomic E-state index is 12.3. The summed E-state index contributed by atoms with van der Waals surface area (Å²) in [5, 5.41) is 8.51. The Bertz CT molecular complexity index is 1060. The number of likely N-dealkylation sites (tertiary alicyclic amines) is 1. The Hall–Kier alpha value is -3.98. The molecule has 274 valence electrons. The average molecular weight is 680 g/mol. The highest BCUT2D eigenvalue weighted by Gasteiger charge is 2.19. The molecule has 4 amide bonds. The lowest BCUT2D eigenvalue weighted by Gasteiger charge is -2.18. The van der Waals surface area contributed by atoms with Gasteiger partial charge in [-0.1, -0.05) is 125 Å². The third kappa shape index (κ3) is 22.3. The number of benzene rings is 2. The van der Waals surface area contributed by atoms with Crippen molar-refractivity contribution < 1.29 is 19.2 Å². The van der Waals surface area contributed by atoms with Crippen LogP contribution in [-0.2, 0) is 19.2 Å². The minimum atomic E-state index is -0.253. The van der Waals surface area contributed by atoms with Crippen LogP contribution >= 0.6 is 0 Å². The molecular formula is C40H65N5O4. The number of carbonyl (C=O) groups excluding carboxylic acids is 4. The molecule has 1 aliphatic carbocycles. The first kappa shape index (κ1) is 45.0. The van der Waals surface area contributed by atoms with Crippen LogP contribution in [-0.4, -0.2) is 68.3 Å². The van der Waals surface area contributed by atoms with E-state index in [-0.39, 0.29) is 42.6 Å². The van der Waals surface area contributed by atoms with Crippen LogP contribution in [0.2, 0.25) is 0 Å². The van der Waals surface area contributed by atoms with Crippen molar-refractivity contribution in [1.29, 1.82) is 0 Å². The standard InChI is InChI=1S/C21H27NO.C10H19N3O2.C6H12.C2H4.CH3NO/c1-2-3-4-11-16-22-21(23)17-20(18-12-7-5-8-13-18)19-14-9-6-10-15-19;1-8(11-2)10(15)12-7-9(14)13-5-3-4-6-13;1-2-4-6-5-3-1;1-2;2-1-3/h5-10,12-15,20H,2-4,11,16-17H2,1H3,(H,22,23);8,11H,3-7H2,1-2H3,(H,12,15);1-6H2;1-2H2;1H,(H2,2,3). The van der Waals surface area contributed by atoms with Crippen molar-refractivity contribution in [3.63, 3.8) is 0 Å². The molecule has 1 heterocycles. The van der Waals surface area contributed by atoms with Gasteiger partial charge >= 0.3 is 0 Å². The molecule has 4 rings (SSSR count). The number of rotatable bonds is 13. The Balaban J connectivity index is 0.000000753. The van der Waals surface area contributed by atoms with E-state index in [1.54, 1.807) is 18.9 Å². The number of unbranched alkanes of at least 4 members (excludes halogenated alkanes) is 3. The predicted octanol–water partition coefficient (Wildman–Crippen LogP) is 6.48. The Morgan fingerprint density at radius 3 is 1.69 bits per heavy atom. The van der Waals surface area contributed by atoms with Gasteiger partial charge in [0.15, 0.2) is 0 Å². The van der Waals surface area contributed by atoms with E-state index >= 15 is 0 Å². The van der Waals surface area contributed by atoms with Crippen molar-refractivity contribution in [2.45, 2.75) is 109 Å². The highest BCUT2D eigenvalue weighted by atomic mass is 16.2. The summed E-state index contributed by atoms with van der Waals surface area (Å²) in [6, 6.07) is 20.3. The smallest absolute Gasteiger partial charge is 0.241 e. The lowest BCUT2D eigenvalue weighted by Crippen LogP contribution is -2.45. The summed E-state index contributed by atoms with van der Waals surface area (Å²) in [6.07, 6.45) is 16.6. The van der Waals surface area contributed by atoms with E-state index in [2.05, 4.69) is 66.0 Å². The SMILES string of the molecule is C1CCCCC1.C=C.CCCCCCNC(=O)CC(c1ccccc1)c1ccccc1.CNC(C)C(=O)NCC(=O)N1CCCC1.NC=O. The monoisotopic (exact) mass is 680 g/mol. The highest BCUT2D eigenvalue weighted by Crippen LogP contribution is 2.27. The van der Waals surface area contributed by atoms with E-state index in [1.165, 1.54) is 68.9 Å². The number of amides is 4. The molecule has 0 aromatic heterocycles. The van der Waals surface area contributed by atoms with Crippen molar-refractivity contribution in [2.24, 2.45) is 5.73 Å². The zero-order chi connectivity index (χ0) is 36.5. The first-order valence-electron chi connectivity index (χ1n) is 18.1. The van der Waals surface area contributed by atoms with Crippen LogP contribution in [0.15, 0.2) is 73.8 Å². The van der Waals surface area contributed by atoms with Gasteiger partial charge in [0.25, 0.3) is 0 Å². The van der Waals surface area contributed by atoms with Crippen LogP contribution in [0.5, 0.6) is 0 Å². The van der Waals surface area contributed by atoms with Gasteiger partial charge in [0.1, 0.15) is 0 Å². The van der Waals surface area contributed by atoms with Gasteiger partial charge in [-0.2, -0.15) is 0 Å². The van der Waals surface area contributed by atoms with Gasteiger partial charge in [-0.05, 0) is 44.4 Å². The van der Waals surface area contributed by atoms with Crippen LogP contribution in [0.3, 0.4) is 0 Å². The van der Waals surface area contributed by atoms with Crippen molar-refractivity contribution in [2.75, 3.05) is 33.2 Å². The highest BCUT2D eigenvalue weighted by molar-refractivity contribution is 5.87. The molecular weight excluding hydrogens is 614 g/mol. The van der Waals surface area contributed by atoms with Crippen LogP contribution in [0.25, 0.3) is 0 Å². The summed E-state index contributed by atoms with van der Waals surface area (Å²) in [5.41, 5.74) is 6.56. The number of hydrogen-bond acceptors (Lipinski definition) is 5. The van der Waals surface area contributed by atoms with E-state index in [0.29, 0.717) is 6.42 Å². The maximum atomic E-state index is 12.3. The molecule has 49 heavy (non-hydrogen) atoms. The first-order chi connectivity index (χ1) is 23.9. The molecule has 1 unspecified atom stereocenters. The Morgan fingerprint density at radius 2 is 1.27 bits per heavy atom. The molecule has 2 aliphatic rings. The van der Waals surface area contributed by atoms with Gasteiger partial charge in [-0.3, -0.25) is 19.2 Å². The van der Waals surface area contributed by atoms with E-state index in [0.717, 1.165) is 38.9 Å². The Kier molecular flexibility index (Phi) is 28.8. The zero-order valence-corrected chi connectivity index (χ0v) is 30.6. The zero-order valence-electron chi connectivity index (χ0n) is 30.6. The third-order valence-corrected chi connectivity index (χ3v) is 8.34. The van der Waals surface area contributed by atoms with Gasteiger partial charge in [-0.25, -0.2) is 0 Å². The van der Waals surface area contributed by atoms with Gasteiger partial charge in [0.2, 0.25) is 24.1 Å². The molecule has 2 fully saturated rings. The largest absolute Gasteiger partial charge is 0.372 e. The summed E-state index contributed by atoms with van der Waals surface area (Å²) in [4.78, 5) is 45.6. The number of nitrogens with zero attached hydrogens (tertiary/aromatic N) is 1. The van der Waals surface area contributed by atoms with Gasteiger partial charge in [0.05, 0.1) is 12.6 Å². The molecule has 1 aliphatic heterocycles. The summed E-state index contributed by atoms with van der Waals surface area (Å²) >= 11 is 0. The summed E-state index contributed by atoms with van der Waals surface area (Å²) in [7, 11) is 1.71. The Labute approximate surface area is 296 Å². The molecule has 9 heteroatoms. The molecule has 0 spiro atoms. The quantitative estimate of drug-likeness (QED) is 0.109. The fourth-order valence-electron chi connectivity index (χ4n) is 5.42. The number of nitrogens with one attached hydrogen (secondary N) is 3. The second-order valence-corrected chi connectivity index (χ2v) is 12.1. The molecule has 1 saturated carbocycles. The number of hydrogen-bond donors (Lipinski definition) is 4. The van der Waals surface area contributed by atoms with E-state index in [4.69, 9.17) is 4.79 Å². The molecule has 2 aromatic carbocycles. The predicted molar refractivity (Wildman–Crippen MR) is 203 cm³/mol. The van der Waals surface area contributed by atoms with E-state index < -0.39 is 0 Å². The lowest BCUT2D eigenvalue weighted by molar-refractivity contribution is -0.132. The van der Waals surface area contributed by atoms with Gasteiger partial charge in [0, 0.05) is 32.0 Å². The molecule has 2 aromatic rings. The maximum Gasteiger partial charge on any atom is 0.241 e. The number of primary amides is 1. The molecule has 9 nitrogen and oxygen atoms in total. The lowest BCUT2D eigenvalue weighted by atomic mass is 9.88. The minimum absolute atomic E-state index is 0.0177. The van der Waals surface area contributed by atoms with Gasteiger partial charge < -0.3 is 26.6 Å². The average Bonchev–Trinajstić information content (AvgIpc) is 3.71. The number of carbonyl (C=O) groups is 4. The molecule has 0 radical (unpaired) electrons. The van der Waals surface area contributed by atoms with Crippen molar-refractivity contribution >= 4 is 24.1 Å².